The summed E-state index contributed by atoms with van der Waals surface area (Å²) in [5.41, 5.74) is 0.873. The van der Waals surface area contributed by atoms with Crippen LogP contribution in [0.2, 0.25) is 0 Å². The first-order valence-electron chi connectivity index (χ1n) is 7.50. The molecule has 0 spiro atoms. The van der Waals surface area contributed by atoms with Crippen LogP contribution in [0.25, 0.3) is 0 Å². The normalized spacial score (nSPS) is 17.5. The SMILES string of the molecule is CC(=O)N1c2ccccc2N(S(=O)(=O)c2ccccc2F)CC1C. The van der Waals surface area contributed by atoms with Gasteiger partial charge < -0.3 is 4.90 Å². The number of hydrogen-bond donors (Lipinski definition) is 0. The maximum Gasteiger partial charge on any atom is 0.267 e. The molecule has 1 aliphatic rings. The summed E-state index contributed by atoms with van der Waals surface area (Å²) in [5.74, 6) is -0.963. The first-order chi connectivity index (χ1) is 11.3. The van der Waals surface area contributed by atoms with Gasteiger partial charge in [-0.25, -0.2) is 12.8 Å². The van der Waals surface area contributed by atoms with Crippen molar-refractivity contribution in [2.75, 3.05) is 15.7 Å². The highest BCUT2D eigenvalue weighted by atomic mass is 32.2. The van der Waals surface area contributed by atoms with Crippen LogP contribution >= 0.6 is 0 Å². The molecule has 0 bridgehead atoms. The van der Waals surface area contributed by atoms with Crippen LogP contribution in [0.5, 0.6) is 0 Å². The topological polar surface area (TPSA) is 57.7 Å². The van der Waals surface area contributed by atoms with Crippen LogP contribution in [0.1, 0.15) is 13.8 Å². The smallest absolute Gasteiger partial charge is 0.267 e. The molecule has 126 valence electrons. The van der Waals surface area contributed by atoms with Crippen molar-refractivity contribution >= 4 is 27.3 Å². The van der Waals surface area contributed by atoms with E-state index in [1.54, 1.807) is 36.1 Å². The Morgan fingerprint density at radius 3 is 2.29 bits per heavy atom. The Labute approximate surface area is 140 Å². The Bertz CT molecular complexity index is 898. The van der Waals surface area contributed by atoms with Crippen molar-refractivity contribution in [3.63, 3.8) is 0 Å². The van der Waals surface area contributed by atoms with Crippen molar-refractivity contribution < 1.29 is 17.6 Å². The van der Waals surface area contributed by atoms with E-state index >= 15 is 0 Å². The van der Waals surface area contributed by atoms with Crippen LogP contribution in [0, 0.1) is 5.82 Å². The van der Waals surface area contributed by atoms with Crippen LogP contribution < -0.4 is 9.21 Å². The van der Waals surface area contributed by atoms with Crippen LogP contribution in [-0.2, 0) is 14.8 Å². The number of carbonyl (C=O) groups is 1. The average molecular weight is 348 g/mol. The van der Waals surface area contributed by atoms with Crippen LogP contribution in [0.3, 0.4) is 0 Å². The van der Waals surface area contributed by atoms with E-state index in [2.05, 4.69) is 0 Å². The van der Waals surface area contributed by atoms with Crippen LogP contribution in [0.15, 0.2) is 53.4 Å². The van der Waals surface area contributed by atoms with E-state index in [1.165, 1.54) is 29.4 Å². The summed E-state index contributed by atoms with van der Waals surface area (Å²) in [4.78, 5) is 13.1. The number of nitrogens with zero attached hydrogens (tertiary/aromatic N) is 2. The van der Waals surface area contributed by atoms with Gasteiger partial charge in [0.15, 0.2) is 0 Å². The minimum absolute atomic E-state index is 0.0628. The maximum absolute atomic E-state index is 14.0. The molecule has 2 aromatic rings. The highest BCUT2D eigenvalue weighted by Gasteiger charge is 2.37. The number of carbonyl (C=O) groups excluding carboxylic acids is 1. The lowest BCUT2D eigenvalue weighted by atomic mass is 10.1. The van der Waals surface area contributed by atoms with Gasteiger partial charge in [0, 0.05) is 6.92 Å². The number of hydrogen-bond acceptors (Lipinski definition) is 3. The summed E-state index contributed by atoms with van der Waals surface area (Å²) in [6.07, 6.45) is 0. The number of para-hydroxylation sites is 2. The van der Waals surface area contributed by atoms with Gasteiger partial charge in [0.25, 0.3) is 10.0 Å². The third kappa shape index (κ3) is 2.54. The largest absolute Gasteiger partial charge is 0.306 e. The predicted octanol–water partition coefficient (Wildman–Crippen LogP) is 2.78. The molecule has 0 saturated heterocycles. The lowest BCUT2D eigenvalue weighted by Crippen LogP contribution is -2.51. The molecular weight excluding hydrogens is 331 g/mol. The standard InChI is InChI=1S/C17H17FN2O3S/c1-12-11-19(24(22,23)17-10-6-3-7-14(17)18)15-8-4-5-9-16(15)20(12)13(2)21/h3-10,12H,11H2,1-2H3. The number of fused-ring (bicyclic) bond motifs is 1. The number of halogens is 1. The lowest BCUT2D eigenvalue weighted by Gasteiger charge is -2.40. The molecular formula is C17H17FN2O3S. The molecule has 0 N–H and O–H groups in total. The molecule has 2 aromatic carbocycles. The van der Waals surface area contributed by atoms with Crippen molar-refractivity contribution in [3.05, 3.63) is 54.3 Å². The Morgan fingerprint density at radius 1 is 1.08 bits per heavy atom. The van der Waals surface area contributed by atoms with Crippen molar-refractivity contribution in [3.8, 4) is 0 Å². The Morgan fingerprint density at radius 2 is 1.67 bits per heavy atom. The number of sulfonamides is 1. The van der Waals surface area contributed by atoms with E-state index in [0.717, 1.165) is 6.07 Å². The number of benzene rings is 2. The Balaban J connectivity index is 2.17. The van der Waals surface area contributed by atoms with Gasteiger partial charge in [0.2, 0.25) is 5.91 Å². The third-order valence-corrected chi connectivity index (χ3v) is 5.84. The van der Waals surface area contributed by atoms with E-state index in [0.29, 0.717) is 11.4 Å². The van der Waals surface area contributed by atoms with Gasteiger partial charge >= 0.3 is 0 Å². The van der Waals surface area contributed by atoms with E-state index in [1.807, 2.05) is 0 Å². The van der Waals surface area contributed by atoms with E-state index in [-0.39, 0.29) is 23.4 Å². The van der Waals surface area contributed by atoms with Gasteiger partial charge in [-0.1, -0.05) is 24.3 Å². The van der Waals surface area contributed by atoms with Crippen LogP contribution in [-0.4, -0.2) is 26.9 Å². The van der Waals surface area contributed by atoms with E-state index in [9.17, 15) is 17.6 Å². The molecule has 1 atom stereocenters. The molecule has 5 nitrogen and oxygen atoms in total. The summed E-state index contributed by atoms with van der Waals surface area (Å²) < 4.78 is 41.2. The molecule has 0 aromatic heterocycles. The van der Waals surface area contributed by atoms with Crippen LogP contribution in [0.4, 0.5) is 15.8 Å². The highest BCUT2D eigenvalue weighted by Crippen LogP contribution is 2.38. The second-order valence-electron chi connectivity index (χ2n) is 5.69. The molecule has 0 radical (unpaired) electrons. The first-order valence-corrected chi connectivity index (χ1v) is 8.94. The van der Waals surface area contributed by atoms with Crippen molar-refractivity contribution in [2.45, 2.75) is 24.8 Å². The number of amides is 1. The van der Waals surface area contributed by atoms with Gasteiger partial charge in [-0.05, 0) is 31.2 Å². The second kappa shape index (κ2) is 5.90. The predicted molar refractivity (Wildman–Crippen MR) is 90.0 cm³/mol. The van der Waals surface area contributed by atoms with E-state index < -0.39 is 15.8 Å². The molecule has 3 rings (SSSR count). The Kier molecular flexibility index (Phi) is 4.04. The first kappa shape index (κ1) is 16.4. The van der Waals surface area contributed by atoms with Gasteiger partial charge in [0.05, 0.1) is 24.0 Å². The molecule has 1 unspecified atom stereocenters. The molecule has 0 fully saturated rings. The molecule has 0 saturated carbocycles. The maximum atomic E-state index is 14.0. The van der Waals surface area contributed by atoms with Gasteiger partial charge in [-0.15, -0.1) is 0 Å². The lowest BCUT2D eigenvalue weighted by molar-refractivity contribution is -0.117. The highest BCUT2D eigenvalue weighted by molar-refractivity contribution is 7.92. The Hall–Kier alpha value is -2.41. The fourth-order valence-corrected chi connectivity index (χ4v) is 4.64. The summed E-state index contributed by atoms with van der Waals surface area (Å²) in [5, 5.41) is 0. The van der Waals surface area contributed by atoms with Gasteiger partial charge in [0.1, 0.15) is 10.7 Å². The van der Waals surface area contributed by atoms with E-state index in [4.69, 9.17) is 0 Å². The zero-order valence-electron chi connectivity index (χ0n) is 13.3. The fourth-order valence-electron chi connectivity index (χ4n) is 3.02. The molecule has 24 heavy (non-hydrogen) atoms. The van der Waals surface area contributed by atoms with Crippen molar-refractivity contribution in [1.29, 1.82) is 0 Å². The summed E-state index contributed by atoms with van der Waals surface area (Å²) in [6, 6.07) is 11.7. The summed E-state index contributed by atoms with van der Waals surface area (Å²) >= 11 is 0. The summed E-state index contributed by atoms with van der Waals surface area (Å²) in [6.45, 7) is 3.27. The fraction of sp³-hybridized carbons (Fsp3) is 0.235. The van der Waals surface area contributed by atoms with Crippen molar-refractivity contribution in [2.24, 2.45) is 0 Å². The molecule has 1 amide bonds. The van der Waals surface area contributed by atoms with Gasteiger partial charge in [-0.3, -0.25) is 9.10 Å². The average Bonchev–Trinajstić information content (AvgIpc) is 2.53. The number of anilines is 2. The van der Waals surface area contributed by atoms with Gasteiger partial charge in [-0.2, -0.15) is 0 Å². The zero-order valence-corrected chi connectivity index (χ0v) is 14.1. The molecule has 1 heterocycles. The second-order valence-corrected chi connectivity index (χ2v) is 7.52. The third-order valence-electron chi connectivity index (χ3n) is 4.02. The minimum atomic E-state index is -4.07. The van der Waals surface area contributed by atoms with Crippen molar-refractivity contribution in [1.82, 2.24) is 0 Å². The molecule has 7 heteroatoms. The number of rotatable bonds is 2. The summed E-state index contributed by atoms with van der Waals surface area (Å²) in [7, 11) is -4.07. The minimum Gasteiger partial charge on any atom is -0.306 e. The quantitative estimate of drug-likeness (QED) is 0.838. The zero-order chi connectivity index (χ0) is 17.5. The molecule has 1 aliphatic heterocycles. The monoisotopic (exact) mass is 348 g/mol. The molecule has 0 aliphatic carbocycles.